The number of rotatable bonds is 10. The van der Waals surface area contributed by atoms with Crippen LogP contribution in [-0.2, 0) is 27.8 Å². The molecule has 9 heteroatoms. The van der Waals surface area contributed by atoms with Crippen molar-refractivity contribution in [3.05, 3.63) is 95.3 Å². The molecule has 2 amide bonds. The second-order valence-corrected chi connectivity index (χ2v) is 10.2. The fourth-order valence-electron chi connectivity index (χ4n) is 3.46. The van der Waals surface area contributed by atoms with Gasteiger partial charge in [-0.2, -0.15) is 0 Å². The van der Waals surface area contributed by atoms with E-state index < -0.39 is 21.7 Å². The Hall–Kier alpha value is -3.56. The standard InChI is InChI=1S/C26H26FN3O4S/c27-21-5-2-4-20(16-21)26(32)29-23-6-1-3-19(15-23)17-28-25(31)14-9-18-7-12-24(13-8-18)35(33,34)30-22-10-11-22/h1-8,12-13,15-16,22,30H,9-11,14,17H2,(H,28,31)(H,29,32). The van der Waals surface area contributed by atoms with Crippen LogP contribution in [0.4, 0.5) is 10.1 Å². The van der Waals surface area contributed by atoms with Crippen molar-refractivity contribution in [1.29, 1.82) is 0 Å². The zero-order chi connectivity index (χ0) is 24.8. The van der Waals surface area contributed by atoms with Crippen LogP contribution in [0.1, 0.15) is 40.7 Å². The van der Waals surface area contributed by atoms with E-state index in [-0.39, 0.29) is 35.4 Å². The average molecular weight is 496 g/mol. The molecule has 0 aromatic heterocycles. The molecule has 3 N–H and O–H groups in total. The van der Waals surface area contributed by atoms with Gasteiger partial charge in [-0.1, -0.05) is 30.3 Å². The predicted octanol–water partition coefficient (Wildman–Crippen LogP) is 3.77. The SMILES string of the molecule is O=C(CCc1ccc(S(=O)(=O)NC2CC2)cc1)NCc1cccc(NC(=O)c2cccc(F)c2)c1. The van der Waals surface area contributed by atoms with Crippen LogP contribution < -0.4 is 15.4 Å². The number of benzene rings is 3. The summed E-state index contributed by atoms with van der Waals surface area (Å²) in [7, 11) is -3.49. The molecule has 1 aliphatic rings. The van der Waals surface area contributed by atoms with E-state index in [1.165, 1.54) is 18.2 Å². The van der Waals surface area contributed by atoms with Crippen LogP contribution in [0, 0.1) is 5.82 Å². The maximum Gasteiger partial charge on any atom is 0.255 e. The van der Waals surface area contributed by atoms with Crippen molar-refractivity contribution in [1.82, 2.24) is 10.0 Å². The second-order valence-electron chi connectivity index (χ2n) is 8.48. The molecule has 35 heavy (non-hydrogen) atoms. The first-order valence-electron chi connectivity index (χ1n) is 11.3. The molecule has 1 aliphatic carbocycles. The Kier molecular flexibility index (Phi) is 7.57. The van der Waals surface area contributed by atoms with Crippen molar-refractivity contribution in [2.24, 2.45) is 0 Å². The van der Waals surface area contributed by atoms with Crippen molar-refractivity contribution in [2.75, 3.05) is 5.32 Å². The van der Waals surface area contributed by atoms with Gasteiger partial charge in [-0.05, 0) is 72.9 Å². The molecular weight excluding hydrogens is 469 g/mol. The van der Waals surface area contributed by atoms with Crippen molar-refractivity contribution < 1.29 is 22.4 Å². The van der Waals surface area contributed by atoms with Gasteiger partial charge in [0, 0.05) is 30.3 Å². The maximum atomic E-state index is 13.3. The molecule has 1 saturated carbocycles. The van der Waals surface area contributed by atoms with Crippen molar-refractivity contribution in [3.63, 3.8) is 0 Å². The molecule has 0 unspecified atom stereocenters. The number of hydrogen-bond donors (Lipinski definition) is 3. The zero-order valence-electron chi connectivity index (χ0n) is 19.0. The van der Waals surface area contributed by atoms with Gasteiger partial charge in [-0.15, -0.1) is 0 Å². The van der Waals surface area contributed by atoms with Crippen molar-refractivity contribution in [2.45, 2.75) is 43.2 Å². The van der Waals surface area contributed by atoms with Gasteiger partial charge in [0.25, 0.3) is 5.91 Å². The van der Waals surface area contributed by atoms with Gasteiger partial charge >= 0.3 is 0 Å². The van der Waals surface area contributed by atoms with Gasteiger partial charge in [0.15, 0.2) is 0 Å². The highest BCUT2D eigenvalue weighted by molar-refractivity contribution is 7.89. The lowest BCUT2D eigenvalue weighted by atomic mass is 10.1. The molecular formula is C26H26FN3O4S. The van der Waals surface area contributed by atoms with Gasteiger partial charge < -0.3 is 10.6 Å². The summed E-state index contributed by atoms with van der Waals surface area (Å²) in [4.78, 5) is 24.8. The lowest BCUT2D eigenvalue weighted by molar-refractivity contribution is -0.121. The van der Waals surface area contributed by atoms with E-state index in [0.717, 1.165) is 30.0 Å². The highest BCUT2D eigenvalue weighted by Gasteiger charge is 2.27. The van der Waals surface area contributed by atoms with Crippen LogP contribution in [0.15, 0.2) is 77.7 Å². The highest BCUT2D eigenvalue weighted by atomic mass is 32.2. The monoisotopic (exact) mass is 495 g/mol. The Balaban J connectivity index is 1.24. The number of aryl methyl sites for hydroxylation is 1. The summed E-state index contributed by atoms with van der Waals surface area (Å²) >= 11 is 0. The van der Waals surface area contributed by atoms with E-state index in [1.807, 2.05) is 6.07 Å². The molecule has 1 fully saturated rings. The Morgan fingerprint density at radius 1 is 0.914 bits per heavy atom. The number of sulfonamides is 1. The average Bonchev–Trinajstić information content (AvgIpc) is 3.65. The molecule has 0 radical (unpaired) electrons. The van der Waals surface area contributed by atoms with Gasteiger partial charge in [0.05, 0.1) is 4.90 Å². The van der Waals surface area contributed by atoms with Crippen LogP contribution in [-0.4, -0.2) is 26.3 Å². The second kappa shape index (κ2) is 10.8. The summed E-state index contributed by atoms with van der Waals surface area (Å²) in [5.41, 5.74) is 2.42. The molecule has 0 saturated heterocycles. The minimum atomic E-state index is -3.49. The number of amides is 2. The summed E-state index contributed by atoms with van der Waals surface area (Å²) in [6.45, 7) is 0.284. The molecule has 7 nitrogen and oxygen atoms in total. The van der Waals surface area contributed by atoms with E-state index in [4.69, 9.17) is 0 Å². The summed E-state index contributed by atoms with van der Waals surface area (Å²) in [5, 5.41) is 5.57. The fraction of sp³-hybridized carbons (Fsp3) is 0.231. The van der Waals surface area contributed by atoms with E-state index >= 15 is 0 Å². The Labute approximate surface area is 203 Å². The third-order valence-electron chi connectivity index (χ3n) is 5.53. The summed E-state index contributed by atoms with van der Waals surface area (Å²) in [5.74, 6) is -1.06. The molecule has 3 aromatic rings. The number of anilines is 1. The molecule has 0 spiro atoms. The van der Waals surface area contributed by atoms with E-state index in [1.54, 1.807) is 42.5 Å². The molecule has 0 bridgehead atoms. The van der Waals surface area contributed by atoms with Crippen molar-refractivity contribution in [3.8, 4) is 0 Å². The Morgan fingerprint density at radius 3 is 2.37 bits per heavy atom. The Morgan fingerprint density at radius 2 is 1.66 bits per heavy atom. The lowest BCUT2D eigenvalue weighted by Crippen LogP contribution is -2.25. The van der Waals surface area contributed by atoms with Crippen LogP contribution in [0.3, 0.4) is 0 Å². The lowest BCUT2D eigenvalue weighted by Gasteiger charge is -2.09. The largest absolute Gasteiger partial charge is 0.352 e. The zero-order valence-corrected chi connectivity index (χ0v) is 19.8. The topological polar surface area (TPSA) is 104 Å². The number of carbonyl (C=O) groups excluding carboxylic acids is 2. The van der Waals surface area contributed by atoms with Crippen molar-refractivity contribution >= 4 is 27.5 Å². The first-order valence-corrected chi connectivity index (χ1v) is 12.8. The summed E-state index contributed by atoms with van der Waals surface area (Å²) in [6, 6.07) is 19.1. The maximum absolute atomic E-state index is 13.3. The number of hydrogen-bond acceptors (Lipinski definition) is 4. The van der Waals surface area contributed by atoms with Gasteiger partial charge in [-0.3, -0.25) is 9.59 Å². The van der Waals surface area contributed by atoms with E-state index in [9.17, 15) is 22.4 Å². The summed E-state index contributed by atoms with van der Waals surface area (Å²) in [6.07, 6.45) is 2.48. The smallest absolute Gasteiger partial charge is 0.255 e. The third-order valence-corrected chi connectivity index (χ3v) is 7.07. The van der Waals surface area contributed by atoms with Gasteiger partial charge in [-0.25, -0.2) is 17.5 Å². The molecule has 0 atom stereocenters. The van der Waals surface area contributed by atoms with E-state index in [0.29, 0.717) is 12.1 Å². The number of carbonyl (C=O) groups is 2. The van der Waals surface area contributed by atoms with Gasteiger partial charge in [0.2, 0.25) is 15.9 Å². The minimum Gasteiger partial charge on any atom is -0.352 e. The van der Waals surface area contributed by atoms with E-state index in [2.05, 4.69) is 15.4 Å². The normalized spacial score (nSPS) is 13.3. The quantitative estimate of drug-likeness (QED) is 0.398. The molecule has 3 aromatic carbocycles. The first kappa shape index (κ1) is 24.6. The van der Waals surface area contributed by atoms with Crippen LogP contribution in [0.5, 0.6) is 0 Å². The number of halogens is 1. The molecule has 182 valence electrons. The third kappa shape index (κ3) is 7.21. The predicted molar refractivity (Wildman–Crippen MR) is 131 cm³/mol. The van der Waals surface area contributed by atoms with Crippen LogP contribution >= 0.6 is 0 Å². The fourth-order valence-corrected chi connectivity index (χ4v) is 4.77. The van der Waals surface area contributed by atoms with Crippen LogP contribution in [0.25, 0.3) is 0 Å². The first-order chi connectivity index (χ1) is 16.8. The molecule has 4 rings (SSSR count). The molecule has 0 aliphatic heterocycles. The van der Waals surface area contributed by atoms with Gasteiger partial charge in [0.1, 0.15) is 5.82 Å². The number of nitrogens with one attached hydrogen (secondary N) is 3. The Bertz CT molecular complexity index is 1320. The molecule has 0 heterocycles. The van der Waals surface area contributed by atoms with Crippen LogP contribution in [0.2, 0.25) is 0 Å². The highest BCUT2D eigenvalue weighted by Crippen LogP contribution is 2.22. The minimum absolute atomic E-state index is 0.0498. The summed E-state index contributed by atoms with van der Waals surface area (Å²) < 4.78 is 40.5.